The van der Waals surface area contributed by atoms with E-state index in [1.54, 1.807) is 12.4 Å². The smallest absolute Gasteiger partial charge is 0.241 e. The van der Waals surface area contributed by atoms with Gasteiger partial charge in [-0.25, -0.2) is 4.98 Å². The molecule has 2 heterocycles. The number of imidazole rings is 1. The van der Waals surface area contributed by atoms with Gasteiger partial charge in [-0.3, -0.25) is 4.40 Å². The number of aliphatic hydroxyl groups is 1. The Morgan fingerprint density at radius 2 is 2.05 bits per heavy atom. The number of nitrogens with zero attached hydrogens (tertiary/aromatic N) is 3. The van der Waals surface area contributed by atoms with Gasteiger partial charge >= 0.3 is 0 Å². The van der Waals surface area contributed by atoms with Crippen molar-refractivity contribution >= 4 is 11.3 Å². The van der Waals surface area contributed by atoms with Crippen LogP contribution in [0.4, 0.5) is 5.82 Å². The maximum absolute atomic E-state index is 10.0. The van der Waals surface area contributed by atoms with Crippen LogP contribution >= 0.6 is 0 Å². The van der Waals surface area contributed by atoms with Crippen molar-refractivity contribution in [2.24, 2.45) is 5.92 Å². The number of fused-ring (bicyclic) bond motifs is 1. The highest BCUT2D eigenvalue weighted by atomic mass is 16.3. The van der Waals surface area contributed by atoms with Crippen LogP contribution in [-0.2, 0) is 0 Å². The Morgan fingerprint density at radius 1 is 1.24 bits per heavy atom. The Bertz CT molecular complexity index is 625. The highest BCUT2D eigenvalue weighted by Crippen LogP contribution is 2.35. The lowest BCUT2D eigenvalue weighted by Gasteiger charge is -2.23. The van der Waals surface area contributed by atoms with Crippen LogP contribution in [0.25, 0.3) is 5.52 Å². The Morgan fingerprint density at radius 3 is 2.86 bits per heavy atom. The lowest BCUT2D eigenvalue weighted by Crippen LogP contribution is -2.14. The van der Waals surface area contributed by atoms with Crippen LogP contribution in [-0.4, -0.2) is 31.2 Å². The van der Waals surface area contributed by atoms with Gasteiger partial charge in [0, 0.05) is 24.9 Å². The number of hydrogen-bond acceptors (Lipinski definition) is 5. The summed E-state index contributed by atoms with van der Waals surface area (Å²) in [6.45, 7) is 0.261. The summed E-state index contributed by atoms with van der Waals surface area (Å²) in [6, 6.07) is 0. The van der Waals surface area contributed by atoms with Crippen LogP contribution in [0.5, 0.6) is 5.88 Å². The maximum atomic E-state index is 10.0. The molecule has 3 rings (SSSR count). The van der Waals surface area contributed by atoms with E-state index in [0.717, 1.165) is 44.3 Å². The van der Waals surface area contributed by atoms with Crippen LogP contribution in [0.2, 0.25) is 0 Å². The van der Waals surface area contributed by atoms with E-state index in [1.807, 2.05) is 4.40 Å². The summed E-state index contributed by atoms with van der Waals surface area (Å²) >= 11 is 0. The summed E-state index contributed by atoms with van der Waals surface area (Å²) < 4.78 is 1.86. The van der Waals surface area contributed by atoms with Gasteiger partial charge in [-0.1, -0.05) is 12.8 Å². The third-order valence-corrected chi connectivity index (χ3v) is 4.55. The predicted octanol–water partition coefficient (Wildman–Crippen LogP) is 2.06. The largest absolute Gasteiger partial charge is 0.492 e. The second-order valence-electron chi connectivity index (χ2n) is 5.93. The molecular weight excluding hydrogens is 268 g/mol. The zero-order valence-electron chi connectivity index (χ0n) is 12.1. The van der Waals surface area contributed by atoms with Crippen LogP contribution in [0.15, 0.2) is 12.4 Å². The van der Waals surface area contributed by atoms with E-state index in [1.165, 1.54) is 0 Å². The fourth-order valence-corrected chi connectivity index (χ4v) is 3.35. The molecule has 2 atom stereocenters. The molecular formula is C15H22N4O2. The van der Waals surface area contributed by atoms with Gasteiger partial charge in [0.25, 0.3) is 0 Å². The summed E-state index contributed by atoms with van der Waals surface area (Å²) in [5.41, 5.74) is 6.33. The number of nitrogen functional groups attached to an aromatic ring is 1. The SMILES string of the molecule is Nc1nccn2c([C@@H]3CCCCC(CO)CC3)nc(O)c12. The minimum Gasteiger partial charge on any atom is -0.492 e. The van der Waals surface area contributed by atoms with Gasteiger partial charge in [0.05, 0.1) is 0 Å². The van der Waals surface area contributed by atoms with Gasteiger partial charge in [0.1, 0.15) is 5.82 Å². The van der Waals surface area contributed by atoms with Crippen molar-refractivity contribution in [1.82, 2.24) is 14.4 Å². The second kappa shape index (κ2) is 5.89. The fraction of sp³-hybridized carbons (Fsp3) is 0.600. The van der Waals surface area contributed by atoms with Gasteiger partial charge < -0.3 is 15.9 Å². The molecule has 0 saturated heterocycles. The number of nitrogens with two attached hydrogens (primary N) is 1. The number of anilines is 1. The Hall–Kier alpha value is -1.82. The Kier molecular flexibility index (Phi) is 3.96. The molecule has 0 bridgehead atoms. The lowest BCUT2D eigenvalue weighted by molar-refractivity contribution is 0.194. The number of aliphatic hydroxyl groups excluding tert-OH is 1. The third kappa shape index (κ3) is 2.68. The van der Waals surface area contributed by atoms with Gasteiger partial charge in [-0.05, 0) is 31.6 Å². The van der Waals surface area contributed by atoms with Crippen molar-refractivity contribution in [1.29, 1.82) is 0 Å². The summed E-state index contributed by atoms with van der Waals surface area (Å²) in [6.07, 6.45) is 9.83. The zero-order chi connectivity index (χ0) is 14.8. The first kappa shape index (κ1) is 14.1. The molecule has 21 heavy (non-hydrogen) atoms. The van der Waals surface area contributed by atoms with Gasteiger partial charge in [-0.15, -0.1) is 0 Å². The second-order valence-corrected chi connectivity index (χ2v) is 5.93. The molecule has 6 nitrogen and oxygen atoms in total. The molecule has 4 N–H and O–H groups in total. The van der Waals surface area contributed by atoms with E-state index >= 15 is 0 Å². The van der Waals surface area contributed by atoms with Crippen molar-refractivity contribution in [3.05, 3.63) is 18.2 Å². The van der Waals surface area contributed by atoms with Crippen LogP contribution in [0.3, 0.4) is 0 Å². The molecule has 2 aromatic heterocycles. The molecule has 6 heteroatoms. The number of aromatic hydroxyl groups is 1. The Labute approximate surface area is 123 Å². The van der Waals surface area contributed by atoms with Crippen molar-refractivity contribution in [2.45, 2.75) is 44.4 Å². The molecule has 1 aliphatic rings. The monoisotopic (exact) mass is 290 g/mol. The van der Waals surface area contributed by atoms with Crippen molar-refractivity contribution in [3.8, 4) is 5.88 Å². The predicted molar refractivity (Wildman–Crippen MR) is 80.1 cm³/mol. The van der Waals surface area contributed by atoms with Crippen molar-refractivity contribution in [3.63, 3.8) is 0 Å². The highest BCUT2D eigenvalue weighted by Gasteiger charge is 2.24. The normalized spacial score (nSPS) is 23.9. The summed E-state index contributed by atoms with van der Waals surface area (Å²) in [5.74, 6) is 1.79. The van der Waals surface area contributed by atoms with Crippen molar-refractivity contribution < 1.29 is 10.2 Å². The van der Waals surface area contributed by atoms with Gasteiger partial charge in [-0.2, -0.15) is 4.98 Å². The van der Waals surface area contributed by atoms with E-state index in [0.29, 0.717) is 17.3 Å². The van der Waals surface area contributed by atoms with Crippen LogP contribution < -0.4 is 5.73 Å². The number of aromatic nitrogens is 3. The van der Waals surface area contributed by atoms with Crippen LogP contribution in [0.1, 0.15) is 50.3 Å². The molecule has 0 spiro atoms. The topological polar surface area (TPSA) is 96.7 Å². The van der Waals surface area contributed by atoms with Crippen molar-refractivity contribution in [2.75, 3.05) is 12.3 Å². The standard InChI is InChI=1S/C15H22N4O2/c16-13-12-15(21)18-14(19(12)8-7-17-13)11-4-2-1-3-10(9-20)5-6-11/h7-8,10-11,20-21H,1-6,9H2,(H2,16,17)/t10?,11-/m1/s1. The maximum Gasteiger partial charge on any atom is 0.241 e. The molecule has 1 aliphatic carbocycles. The van der Waals surface area contributed by atoms with Gasteiger partial charge in [0.15, 0.2) is 11.3 Å². The average Bonchev–Trinajstić information content (AvgIpc) is 2.78. The molecule has 0 amide bonds. The van der Waals surface area contributed by atoms with E-state index < -0.39 is 0 Å². The molecule has 0 aliphatic heterocycles. The third-order valence-electron chi connectivity index (χ3n) is 4.55. The van der Waals surface area contributed by atoms with Gasteiger partial charge in [0.2, 0.25) is 5.88 Å². The van der Waals surface area contributed by atoms with Crippen LogP contribution in [0, 0.1) is 5.92 Å². The molecule has 0 aromatic carbocycles. The Balaban J connectivity index is 1.93. The fourth-order valence-electron chi connectivity index (χ4n) is 3.35. The molecule has 0 radical (unpaired) electrons. The molecule has 114 valence electrons. The van der Waals surface area contributed by atoms with E-state index in [-0.39, 0.29) is 18.4 Å². The minimum absolute atomic E-state index is 0.0450. The highest BCUT2D eigenvalue weighted by molar-refractivity contribution is 5.72. The first-order chi connectivity index (χ1) is 10.2. The first-order valence-corrected chi connectivity index (χ1v) is 7.63. The quantitative estimate of drug-likeness (QED) is 0.786. The first-order valence-electron chi connectivity index (χ1n) is 7.63. The number of rotatable bonds is 2. The summed E-state index contributed by atoms with van der Waals surface area (Å²) in [4.78, 5) is 8.34. The molecule has 2 aromatic rings. The zero-order valence-corrected chi connectivity index (χ0v) is 12.1. The van der Waals surface area contributed by atoms with E-state index in [4.69, 9.17) is 5.73 Å². The summed E-state index contributed by atoms with van der Waals surface area (Å²) in [5, 5.41) is 19.4. The lowest BCUT2D eigenvalue weighted by atomic mass is 9.85. The van der Waals surface area contributed by atoms with E-state index in [2.05, 4.69) is 9.97 Å². The van der Waals surface area contributed by atoms with E-state index in [9.17, 15) is 10.2 Å². The molecule has 1 unspecified atom stereocenters. The number of hydrogen-bond donors (Lipinski definition) is 3. The molecule has 1 fully saturated rings. The minimum atomic E-state index is -0.0450. The average molecular weight is 290 g/mol. The molecule has 1 saturated carbocycles. The summed E-state index contributed by atoms with van der Waals surface area (Å²) in [7, 11) is 0.